The van der Waals surface area contributed by atoms with Gasteiger partial charge in [-0.1, -0.05) is 12.1 Å². The zero-order chi connectivity index (χ0) is 28.7. The van der Waals surface area contributed by atoms with E-state index in [0.29, 0.717) is 5.56 Å². The summed E-state index contributed by atoms with van der Waals surface area (Å²) in [4.78, 5) is 13.0. The van der Waals surface area contributed by atoms with Crippen LogP contribution >= 0.6 is 0 Å². The molecule has 0 aliphatic carbocycles. The van der Waals surface area contributed by atoms with Gasteiger partial charge in [0.2, 0.25) is 6.29 Å². The minimum absolute atomic E-state index is 0.0578. The maximum absolute atomic E-state index is 13.0. The van der Waals surface area contributed by atoms with E-state index in [1.54, 1.807) is 12.1 Å². The Hall–Kier alpha value is -3.11. The largest absolute Gasteiger partial charge is 0.508 e. The number of phenols is 1. The number of hydrogen-bond donors (Lipinski definition) is 7. The molecule has 2 aromatic carbocycles. The summed E-state index contributed by atoms with van der Waals surface area (Å²) in [5.41, 5.74) is 0.701. The number of ether oxygens (including phenoxy) is 4. The van der Waals surface area contributed by atoms with Gasteiger partial charge in [-0.15, -0.1) is 0 Å². The molecule has 5 rings (SSSR count). The molecule has 0 amide bonds. The fourth-order valence-corrected chi connectivity index (χ4v) is 4.65. The fourth-order valence-electron chi connectivity index (χ4n) is 4.65. The van der Waals surface area contributed by atoms with Crippen molar-refractivity contribution in [1.29, 1.82) is 0 Å². The first-order valence-corrected chi connectivity index (χ1v) is 12.6. The van der Waals surface area contributed by atoms with E-state index in [0.717, 1.165) is 0 Å². The van der Waals surface area contributed by atoms with Gasteiger partial charge >= 0.3 is 0 Å². The first-order chi connectivity index (χ1) is 19.0. The number of aliphatic hydroxyl groups excluding tert-OH is 6. The Labute approximate surface area is 227 Å². The topological polar surface area (TPSA) is 209 Å². The first-order valence-electron chi connectivity index (χ1n) is 12.6. The standard InChI is InChI=1S/C27H30O13/c1-11-19(29)22(32)24(34)26(38-11)37-10-18-21(31)23(33)25(35)27(40-18)39-14-6-7-15-17(8-14)36-9-16(20(15)30)12-2-4-13(28)5-3-12/h2-9,11,18-19,21-29,31-35H,10H2,1H3/t11-,18+,19-,21+,22+,23-,24+,25+,26+,27+/m0/s1. The minimum Gasteiger partial charge on any atom is -0.508 e. The van der Waals surface area contributed by atoms with Gasteiger partial charge in [0.25, 0.3) is 0 Å². The molecule has 3 aromatic rings. The Morgan fingerprint density at radius 1 is 0.800 bits per heavy atom. The first kappa shape index (κ1) is 28.4. The lowest BCUT2D eigenvalue weighted by Gasteiger charge is -2.42. The molecule has 2 aliphatic rings. The van der Waals surface area contributed by atoms with Crippen molar-refractivity contribution in [3.8, 4) is 22.6 Å². The van der Waals surface area contributed by atoms with Crippen molar-refractivity contribution in [3.05, 3.63) is 59.0 Å². The van der Waals surface area contributed by atoms with E-state index in [1.165, 1.54) is 43.5 Å². The number of aromatic hydroxyl groups is 1. The quantitative estimate of drug-likeness (QED) is 0.196. The van der Waals surface area contributed by atoms with Crippen LogP contribution in [0.5, 0.6) is 11.5 Å². The molecular formula is C27H30O13. The Morgan fingerprint density at radius 2 is 1.48 bits per heavy atom. The zero-order valence-corrected chi connectivity index (χ0v) is 21.2. The molecule has 2 aliphatic heterocycles. The highest BCUT2D eigenvalue weighted by molar-refractivity contribution is 5.82. The molecule has 0 spiro atoms. The van der Waals surface area contributed by atoms with Crippen molar-refractivity contribution in [3.63, 3.8) is 0 Å². The van der Waals surface area contributed by atoms with Gasteiger partial charge in [0.15, 0.2) is 11.7 Å². The van der Waals surface area contributed by atoms with E-state index in [2.05, 4.69) is 0 Å². The van der Waals surface area contributed by atoms with Gasteiger partial charge in [-0.2, -0.15) is 0 Å². The predicted octanol–water partition coefficient (Wildman–Crippen LogP) is -0.804. The second-order valence-electron chi connectivity index (χ2n) is 9.83. The highest BCUT2D eigenvalue weighted by Crippen LogP contribution is 2.29. The monoisotopic (exact) mass is 562 g/mol. The van der Waals surface area contributed by atoms with Crippen molar-refractivity contribution < 1.29 is 59.1 Å². The summed E-state index contributed by atoms with van der Waals surface area (Å²) >= 11 is 0. The summed E-state index contributed by atoms with van der Waals surface area (Å²) in [6.45, 7) is 1.04. The molecule has 13 heteroatoms. The van der Waals surface area contributed by atoms with Gasteiger partial charge in [-0.05, 0) is 36.8 Å². The molecule has 2 saturated heterocycles. The van der Waals surface area contributed by atoms with Crippen LogP contribution in [0.3, 0.4) is 0 Å². The number of phenolic OH excluding ortho intramolecular Hbond substituents is 1. The lowest BCUT2D eigenvalue weighted by atomic mass is 9.98. The van der Waals surface area contributed by atoms with Gasteiger partial charge < -0.3 is 59.1 Å². The summed E-state index contributed by atoms with van der Waals surface area (Å²) < 4.78 is 27.8. The van der Waals surface area contributed by atoms with Gasteiger partial charge in [0.05, 0.1) is 23.7 Å². The fraction of sp³-hybridized carbons (Fsp3) is 0.444. The van der Waals surface area contributed by atoms with Crippen LogP contribution in [0.1, 0.15) is 6.92 Å². The number of rotatable bonds is 6. The molecule has 0 radical (unpaired) electrons. The van der Waals surface area contributed by atoms with Crippen LogP contribution in [0, 0.1) is 0 Å². The molecule has 13 nitrogen and oxygen atoms in total. The van der Waals surface area contributed by atoms with Crippen molar-refractivity contribution in [1.82, 2.24) is 0 Å². The number of benzene rings is 2. The molecule has 216 valence electrons. The minimum atomic E-state index is -1.69. The van der Waals surface area contributed by atoms with Crippen LogP contribution in [-0.2, 0) is 14.2 Å². The molecular weight excluding hydrogens is 532 g/mol. The summed E-state index contributed by atoms with van der Waals surface area (Å²) in [6.07, 6.45) is -13.1. The van der Waals surface area contributed by atoms with E-state index in [4.69, 9.17) is 23.4 Å². The lowest BCUT2D eigenvalue weighted by Crippen LogP contribution is -2.61. The summed E-state index contributed by atoms with van der Waals surface area (Å²) in [5, 5.41) is 70.9. The van der Waals surface area contributed by atoms with Crippen LogP contribution in [0.25, 0.3) is 22.1 Å². The number of aliphatic hydroxyl groups is 6. The highest BCUT2D eigenvalue weighted by atomic mass is 16.7. The van der Waals surface area contributed by atoms with Crippen LogP contribution < -0.4 is 10.2 Å². The van der Waals surface area contributed by atoms with Crippen LogP contribution in [0.15, 0.2) is 57.9 Å². The third-order valence-corrected chi connectivity index (χ3v) is 7.08. The highest BCUT2D eigenvalue weighted by Gasteiger charge is 2.47. The van der Waals surface area contributed by atoms with Crippen molar-refractivity contribution in [2.75, 3.05) is 6.61 Å². The van der Waals surface area contributed by atoms with Crippen LogP contribution in [0.4, 0.5) is 0 Å². The van der Waals surface area contributed by atoms with Crippen LogP contribution in [-0.4, -0.2) is 104 Å². The Balaban J connectivity index is 1.30. The molecule has 0 unspecified atom stereocenters. The second kappa shape index (κ2) is 11.4. The molecule has 40 heavy (non-hydrogen) atoms. The van der Waals surface area contributed by atoms with Gasteiger partial charge in [0, 0.05) is 6.07 Å². The van der Waals surface area contributed by atoms with Crippen molar-refractivity contribution in [2.24, 2.45) is 0 Å². The summed E-state index contributed by atoms with van der Waals surface area (Å²) in [6, 6.07) is 10.4. The van der Waals surface area contributed by atoms with E-state index in [9.17, 15) is 40.5 Å². The Bertz CT molecular complexity index is 1380. The third-order valence-electron chi connectivity index (χ3n) is 7.08. The Morgan fingerprint density at radius 3 is 2.20 bits per heavy atom. The number of hydrogen-bond acceptors (Lipinski definition) is 13. The maximum Gasteiger partial charge on any atom is 0.229 e. The van der Waals surface area contributed by atoms with Crippen LogP contribution in [0.2, 0.25) is 0 Å². The predicted molar refractivity (Wildman–Crippen MR) is 135 cm³/mol. The Kier molecular flexibility index (Phi) is 8.10. The van der Waals surface area contributed by atoms with E-state index in [1.807, 2.05) is 0 Å². The normalized spacial score (nSPS) is 34.6. The molecule has 0 bridgehead atoms. The lowest BCUT2D eigenvalue weighted by molar-refractivity contribution is -0.318. The third kappa shape index (κ3) is 5.43. The summed E-state index contributed by atoms with van der Waals surface area (Å²) in [5.74, 6) is 0.180. The SMILES string of the molecule is C[C@@H]1O[C@@H](OC[C@H]2O[C@@H](Oc3ccc4c(=O)c(-c5ccc(O)cc5)coc4c3)[C@H](O)[C@@H](O)[C@@H]2O)[C@H](O)[C@H](O)[C@H]1O. The molecule has 3 heterocycles. The molecule has 2 fully saturated rings. The average Bonchev–Trinajstić information content (AvgIpc) is 2.94. The van der Waals surface area contributed by atoms with Gasteiger partial charge in [0.1, 0.15) is 66.1 Å². The zero-order valence-electron chi connectivity index (χ0n) is 21.2. The molecule has 0 saturated carbocycles. The molecule has 7 N–H and O–H groups in total. The molecule has 10 atom stereocenters. The van der Waals surface area contributed by atoms with Gasteiger partial charge in [-0.25, -0.2) is 0 Å². The molecule has 1 aromatic heterocycles. The number of fused-ring (bicyclic) bond motifs is 1. The average molecular weight is 563 g/mol. The van der Waals surface area contributed by atoms with E-state index >= 15 is 0 Å². The maximum atomic E-state index is 13.0. The smallest absolute Gasteiger partial charge is 0.229 e. The second-order valence-corrected chi connectivity index (χ2v) is 9.83. The van der Waals surface area contributed by atoms with Gasteiger partial charge in [-0.3, -0.25) is 4.79 Å². The van der Waals surface area contributed by atoms with Crippen molar-refractivity contribution >= 4 is 11.0 Å². The van der Waals surface area contributed by atoms with E-state index < -0.39 is 68.0 Å². The van der Waals surface area contributed by atoms with E-state index in [-0.39, 0.29) is 33.5 Å². The summed E-state index contributed by atoms with van der Waals surface area (Å²) in [7, 11) is 0. The van der Waals surface area contributed by atoms with Crippen molar-refractivity contribution in [2.45, 2.75) is 68.3 Å².